The van der Waals surface area contributed by atoms with Crippen LogP contribution < -0.4 is 32.0 Å². The Balaban J connectivity index is 2.65. The van der Waals surface area contributed by atoms with E-state index >= 15 is 0 Å². The Labute approximate surface area is 183 Å². The molecule has 4 aromatic rings. The number of thiol groups is 1. The number of phenolic OH excluding ortho intramolecular Hbond substituents is 6. The van der Waals surface area contributed by atoms with Crippen molar-refractivity contribution in [3.05, 3.63) is 0 Å². The Morgan fingerprint density at radius 1 is 0.516 bits per heavy atom. The molecule has 0 unspecified atom stereocenters. The highest BCUT2D eigenvalue weighted by Crippen LogP contribution is 2.52. The van der Waals surface area contributed by atoms with Crippen LogP contribution in [-0.4, -0.2) is 54.2 Å². The molecule has 0 radical (unpaired) electrons. The summed E-state index contributed by atoms with van der Waals surface area (Å²) in [5.74, 6) is -3.60. The van der Waals surface area contributed by atoms with E-state index < -0.39 is 28.7 Å². The number of rotatable bonds is 1. The van der Waals surface area contributed by atoms with Crippen LogP contribution in [-0.2, 0) is 0 Å². The van der Waals surface area contributed by atoms with Crippen molar-refractivity contribution in [1.29, 1.82) is 0 Å². The van der Waals surface area contributed by atoms with Gasteiger partial charge in [-0.3, -0.25) is 0 Å². The van der Waals surface area contributed by atoms with Crippen molar-refractivity contribution in [2.75, 3.05) is 11.5 Å². The number of nitrogen functional groups attached to an aromatic ring is 2. The van der Waals surface area contributed by atoms with Gasteiger partial charge in [-0.05, 0) is 32.5 Å². The highest BCUT2D eigenvalue weighted by Gasteiger charge is 2.29. The fraction of sp³-hybridized carbons (Fsp3) is 0. The first kappa shape index (κ1) is 20.7. The second-order valence-corrected chi connectivity index (χ2v) is 7.65. The fourth-order valence-electron chi connectivity index (χ4n) is 4.34. The highest BCUT2D eigenvalue weighted by molar-refractivity contribution is 7.75. The summed E-state index contributed by atoms with van der Waals surface area (Å²) >= 11 is 3.75. The molecule has 0 aromatic heterocycles. The first-order valence-corrected chi connectivity index (χ1v) is 9.42. The van der Waals surface area contributed by atoms with Crippen molar-refractivity contribution in [2.24, 2.45) is 0 Å². The number of aromatic hydroxyl groups is 6. The Bertz CT molecular complexity index is 1450. The summed E-state index contributed by atoms with van der Waals surface area (Å²) in [5, 5.41) is 64.3. The van der Waals surface area contributed by atoms with Gasteiger partial charge in [0.1, 0.15) is 23.5 Å². The van der Waals surface area contributed by atoms with Gasteiger partial charge in [0, 0.05) is 29.1 Å². The van der Waals surface area contributed by atoms with Gasteiger partial charge < -0.3 is 46.3 Å². The normalized spacial score (nSPS) is 11.5. The lowest BCUT2D eigenvalue weighted by molar-refractivity contribution is 0.373. The average molecular weight is 438 g/mol. The highest BCUT2D eigenvalue weighted by atomic mass is 32.1. The number of nitrogens with two attached hydrogens (primary N) is 2. The van der Waals surface area contributed by atoms with E-state index in [-0.39, 0.29) is 60.8 Å². The summed E-state index contributed by atoms with van der Waals surface area (Å²) in [7, 11) is 4.58. The number of anilines is 2. The summed E-state index contributed by atoms with van der Waals surface area (Å²) in [6.07, 6.45) is 0. The van der Waals surface area contributed by atoms with E-state index in [4.69, 9.17) is 15.7 Å². The molecule has 0 spiro atoms. The molecule has 9 nitrogen and oxygen atoms in total. The minimum atomic E-state index is -0.776. The summed E-state index contributed by atoms with van der Waals surface area (Å²) in [5.41, 5.74) is 12.8. The molecule has 0 atom stereocenters. The van der Waals surface area contributed by atoms with Crippen LogP contribution in [0.25, 0.3) is 32.3 Å². The molecule has 0 bridgehead atoms. The maximum absolute atomic E-state index is 10.8. The third-order valence-corrected chi connectivity index (χ3v) is 6.13. The van der Waals surface area contributed by atoms with E-state index in [2.05, 4.69) is 12.9 Å². The molecule has 0 aliphatic carbocycles. The van der Waals surface area contributed by atoms with Crippen molar-refractivity contribution < 1.29 is 34.8 Å². The van der Waals surface area contributed by atoms with Crippen molar-refractivity contribution in [3.63, 3.8) is 0 Å². The number of fused-ring (bicyclic) bond motifs is 6. The number of hydrogen-bond acceptors (Lipinski definition) is 10. The van der Waals surface area contributed by atoms with Crippen LogP contribution in [0.15, 0.2) is 0 Å². The first-order valence-electron chi connectivity index (χ1n) is 9.06. The SMILES string of the molecule is Bc1c(O)c(O)c(N)c2c1c1c(B)c(O)c(OS)c(N)c1c1c(O)c(O)c(O)c(B)c21. The maximum atomic E-state index is 10.8. The van der Waals surface area contributed by atoms with E-state index in [9.17, 15) is 30.6 Å². The molecule has 31 heavy (non-hydrogen) atoms. The van der Waals surface area contributed by atoms with Crippen molar-refractivity contribution in [2.45, 2.75) is 0 Å². The Hall–Kier alpha value is -3.60. The molecule has 0 amide bonds. The Kier molecular flexibility index (Phi) is 4.30. The summed E-state index contributed by atoms with van der Waals surface area (Å²) in [6, 6.07) is 0. The van der Waals surface area contributed by atoms with Crippen molar-refractivity contribution in [1.82, 2.24) is 0 Å². The van der Waals surface area contributed by atoms with Crippen LogP contribution >= 0.6 is 12.9 Å². The summed E-state index contributed by atoms with van der Waals surface area (Å²) < 4.78 is 4.96. The van der Waals surface area contributed by atoms with Crippen molar-refractivity contribution >= 4 is 96.5 Å². The molecular formula is C18H17B3N2O7S. The van der Waals surface area contributed by atoms with Crippen LogP contribution in [0.1, 0.15) is 0 Å². The van der Waals surface area contributed by atoms with Crippen LogP contribution in [0.4, 0.5) is 11.4 Å². The molecule has 10 N–H and O–H groups in total. The molecule has 0 aliphatic rings. The zero-order valence-corrected chi connectivity index (χ0v) is 17.6. The quantitative estimate of drug-likeness (QED) is 0.0389. The Morgan fingerprint density at radius 2 is 0.935 bits per heavy atom. The lowest BCUT2D eigenvalue weighted by atomic mass is 9.75. The standard InChI is InChI=1S/C18H17B3N2O7S/c19-7-1-2-5(11(23)18(30-31)15(27)9(2)21)6-3(4(1)10(22)16(28)13(7)25)8(20)14(26)17(29)12(6)24/h24-29,31H,19-23H2. The molecule has 4 rings (SSSR count). The van der Waals surface area contributed by atoms with Gasteiger partial charge in [0.25, 0.3) is 0 Å². The zero-order valence-electron chi connectivity index (χ0n) is 16.7. The van der Waals surface area contributed by atoms with E-state index in [1.807, 2.05) is 0 Å². The van der Waals surface area contributed by atoms with Gasteiger partial charge in [0.2, 0.25) is 5.75 Å². The first-order chi connectivity index (χ1) is 14.5. The predicted molar refractivity (Wildman–Crippen MR) is 132 cm³/mol. The molecular weight excluding hydrogens is 421 g/mol. The van der Waals surface area contributed by atoms with Gasteiger partial charge >= 0.3 is 0 Å². The van der Waals surface area contributed by atoms with Crippen molar-refractivity contribution in [3.8, 4) is 40.2 Å². The molecule has 0 aliphatic heterocycles. The van der Waals surface area contributed by atoms with Crippen LogP contribution in [0.5, 0.6) is 40.2 Å². The Morgan fingerprint density at radius 3 is 1.45 bits per heavy atom. The van der Waals surface area contributed by atoms with Gasteiger partial charge in [-0.15, -0.1) is 0 Å². The van der Waals surface area contributed by atoms with Gasteiger partial charge in [0.05, 0.1) is 11.4 Å². The maximum Gasteiger partial charge on any atom is 0.201 e. The number of benzene rings is 4. The predicted octanol–water partition coefficient (Wildman–Crippen LogP) is -2.46. The van der Waals surface area contributed by atoms with E-state index in [0.717, 1.165) is 0 Å². The van der Waals surface area contributed by atoms with Crippen LogP contribution in [0.3, 0.4) is 0 Å². The fourth-order valence-corrected chi connectivity index (χ4v) is 4.53. The monoisotopic (exact) mass is 438 g/mol. The average Bonchev–Trinajstić information content (AvgIpc) is 2.75. The molecule has 13 heteroatoms. The topological polar surface area (TPSA) is 183 Å². The smallest absolute Gasteiger partial charge is 0.201 e. The lowest BCUT2D eigenvalue weighted by Gasteiger charge is -2.23. The second kappa shape index (κ2) is 6.45. The minimum absolute atomic E-state index is 0.0127. The molecule has 4 aromatic carbocycles. The summed E-state index contributed by atoms with van der Waals surface area (Å²) in [4.78, 5) is 0. The zero-order chi connectivity index (χ0) is 23.1. The van der Waals surface area contributed by atoms with Crippen LogP contribution in [0.2, 0.25) is 0 Å². The third kappa shape index (κ3) is 2.32. The number of phenols is 6. The van der Waals surface area contributed by atoms with E-state index in [0.29, 0.717) is 10.8 Å². The molecule has 0 heterocycles. The van der Waals surface area contributed by atoms with Gasteiger partial charge in [-0.25, -0.2) is 0 Å². The van der Waals surface area contributed by atoms with E-state index in [1.165, 1.54) is 15.7 Å². The molecule has 0 saturated carbocycles. The summed E-state index contributed by atoms with van der Waals surface area (Å²) in [6.45, 7) is 0. The molecule has 0 saturated heterocycles. The lowest BCUT2D eigenvalue weighted by Crippen LogP contribution is -2.17. The van der Waals surface area contributed by atoms with Crippen LogP contribution in [0, 0.1) is 0 Å². The minimum Gasteiger partial charge on any atom is -0.505 e. The van der Waals surface area contributed by atoms with Gasteiger partial charge in [-0.1, -0.05) is 0 Å². The largest absolute Gasteiger partial charge is 0.505 e. The number of hydrogen-bond donors (Lipinski definition) is 9. The second-order valence-electron chi connectivity index (χ2n) is 7.46. The molecule has 156 valence electrons. The molecule has 0 fully saturated rings. The van der Waals surface area contributed by atoms with Gasteiger partial charge in [-0.2, -0.15) is 0 Å². The third-order valence-electron chi connectivity index (χ3n) is 5.95. The van der Waals surface area contributed by atoms with Gasteiger partial charge in [0.15, 0.2) is 34.5 Å². The van der Waals surface area contributed by atoms with E-state index in [1.54, 1.807) is 7.85 Å².